The molecule has 28 heavy (non-hydrogen) atoms. The first-order chi connectivity index (χ1) is 13.3. The maximum atomic E-state index is 12.6. The highest BCUT2D eigenvalue weighted by atomic mass is 16.4. The lowest BCUT2D eigenvalue weighted by molar-refractivity contribution is -0.127. The number of carboxylic acid groups (broad SMARTS) is 1. The van der Waals surface area contributed by atoms with Crippen molar-refractivity contribution < 1.29 is 24.3 Å². The van der Waals surface area contributed by atoms with E-state index in [0.717, 1.165) is 4.90 Å². The number of amides is 2. The molecule has 0 saturated carbocycles. The van der Waals surface area contributed by atoms with Gasteiger partial charge in [0.05, 0.1) is 18.3 Å². The number of carbonyl (C=O) groups is 4. The van der Waals surface area contributed by atoms with Crippen LogP contribution in [0.5, 0.6) is 0 Å². The molecule has 0 bridgehead atoms. The number of nitrogens with zero attached hydrogens (tertiary/aromatic N) is 1. The van der Waals surface area contributed by atoms with Gasteiger partial charge in [-0.15, -0.1) is 0 Å². The van der Waals surface area contributed by atoms with Gasteiger partial charge in [0.15, 0.2) is 0 Å². The summed E-state index contributed by atoms with van der Waals surface area (Å²) in [7, 11) is 0. The molecule has 3 N–H and O–H groups in total. The topological polar surface area (TPSA) is 137 Å². The van der Waals surface area contributed by atoms with Crippen molar-refractivity contribution >= 4 is 29.3 Å². The molecular formula is C19H17N3O6. The van der Waals surface area contributed by atoms with Crippen LogP contribution in [0.2, 0.25) is 0 Å². The molecule has 0 radical (unpaired) electrons. The van der Waals surface area contributed by atoms with E-state index in [-0.39, 0.29) is 24.3 Å². The van der Waals surface area contributed by atoms with Gasteiger partial charge < -0.3 is 10.1 Å². The number of rotatable bonds is 4. The zero-order valence-electron chi connectivity index (χ0n) is 14.9. The number of pyridine rings is 1. The first-order valence-corrected chi connectivity index (χ1v) is 8.44. The third kappa shape index (κ3) is 3.74. The summed E-state index contributed by atoms with van der Waals surface area (Å²) in [6, 6.07) is 8.19. The fraction of sp³-hybridized carbons (Fsp3) is 0.211. The number of aromatic amines is 1. The number of ketones is 1. The average molecular weight is 383 g/mol. The minimum atomic E-state index is -1.32. The minimum Gasteiger partial charge on any atom is -0.477 e. The number of hydrogen-bond donors (Lipinski definition) is 3. The fourth-order valence-corrected chi connectivity index (χ4v) is 3.00. The van der Waals surface area contributed by atoms with Crippen molar-refractivity contribution in [2.75, 3.05) is 11.4 Å². The molecule has 2 amide bonds. The molecule has 1 aliphatic rings. The molecule has 9 heteroatoms. The Hall–Kier alpha value is -3.59. The predicted octanol–water partition coefficient (Wildman–Crippen LogP) is 0.551. The van der Waals surface area contributed by atoms with Crippen molar-refractivity contribution in [2.45, 2.75) is 19.4 Å². The summed E-state index contributed by atoms with van der Waals surface area (Å²) in [6.45, 7) is 1.35. The molecule has 3 rings (SSSR count). The molecule has 1 aliphatic heterocycles. The van der Waals surface area contributed by atoms with Gasteiger partial charge >= 0.3 is 5.97 Å². The maximum Gasteiger partial charge on any atom is 0.341 e. The van der Waals surface area contributed by atoms with Gasteiger partial charge in [0.2, 0.25) is 5.91 Å². The van der Waals surface area contributed by atoms with Gasteiger partial charge in [-0.2, -0.15) is 0 Å². The van der Waals surface area contributed by atoms with E-state index in [1.807, 2.05) is 0 Å². The number of aromatic nitrogens is 1. The summed E-state index contributed by atoms with van der Waals surface area (Å²) >= 11 is 0. The fourth-order valence-electron chi connectivity index (χ4n) is 3.00. The van der Waals surface area contributed by atoms with Crippen molar-refractivity contribution in [3.63, 3.8) is 0 Å². The van der Waals surface area contributed by atoms with E-state index in [1.165, 1.54) is 31.2 Å². The molecule has 1 atom stereocenters. The Bertz CT molecular complexity index is 1020. The van der Waals surface area contributed by atoms with E-state index in [1.54, 1.807) is 12.1 Å². The summed E-state index contributed by atoms with van der Waals surface area (Å²) in [6.07, 6.45) is 0.0395. The van der Waals surface area contributed by atoms with Gasteiger partial charge in [-0.1, -0.05) is 12.1 Å². The molecule has 1 aromatic carbocycles. The van der Waals surface area contributed by atoms with Crippen LogP contribution < -0.4 is 15.8 Å². The average Bonchev–Trinajstić information content (AvgIpc) is 3.08. The lowest BCUT2D eigenvalue weighted by Gasteiger charge is -2.22. The van der Waals surface area contributed by atoms with Gasteiger partial charge in [-0.3, -0.25) is 24.5 Å². The van der Waals surface area contributed by atoms with Crippen molar-refractivity contribution in [1.82, 2.24) is 10.3 Å². The van der Waals surface area contributed by atoms with E-state index in [9.17, 15) is 24.0 Å². The Morgan fingerprint density at radius 2 is 1.75 bits per heavy atom. The summed E-state index contributed by atoms with van der Waals surface area (Å²) < 4.78 is 0. The van der Waals surface area contributed by atoms with Gasteiger partial charge in [-0.05, 0) is 29.8 Å². The molecule has 1 aromatic heterocycles. The molecule has 2 heterocycles. The monoisotopic (exact) mass is 383 g/mol. The third-order valence-electron chi connectivity index (χ3n) is 4.39. The van der Waals surface area contributed by atoms with Crippen LogP contribution in [0.4, 0.5) is 5.69 Å². The molecule has 0 unspecified atom stereocenters. The van der Waals surface area contributed by atoms with Gasteiger partial charge in [0.25, 0.3) is 11.5 Å². The molecule has 2 aromatic rings. The van der Waals surface area contributed by atoms with Crippen LogP contribution in [0.3, 0.4) is 0 Å². The number of hydrogen-bond acceptors (Lipinski definition) is 6. The molecule has 0 aliphatic carbocycles. The van der Waals surface area contributed by atoms with E-state index in [2.05, 4.69) is 10.3 Å². The van der Waals surface area contributed by atoms with E-state index in [0.29, 0.717) is 16.9 Å². The summed E-state index contributed by atoms with van der Waals surface area (Å²) in [4.78, 5) is 62.3. The third-order valence-corrected chi connectivity index (χ3v) is 4.39. The highest BCUT2D eigenvalue weighted by Gasteiger charge is 2.33. The number of carbonyl (C=O) groups excluding carboxylic acids is 3. The Morgan fingerprint density at radius 3 is 2.25 bits per heavy atom. The van der Waals surface area contributed by atoms with Crippen LogP contribution in [-0.4, -0.2) is 46.2 Å². The number of imide groups is 1. The molecule has 1 saturated heterocycles. The van der Waals surface area contributed by atoms with Crippen LogP contribution in [-0.2, 0) is 14.4 Å². The number of anilines is 1. The second-order valence-corrected chi connectivity index (χ2v) is 6.34. The zero-order valence-corrected chi connectivity index (χ0v) is 14.9. The molecule has 1 fully saturated rings. The van der Waals surface area contributed by atoms with Crippen LogP contribution in [0.25, 0.3) is 11.3 Å². The quantitative estimate of drug-likeness (QED) is 0.701. The zero-order chi connectivity index (χ0) is 20.4. The Labute approximate surface area is 159 Å². The van der Waals surface area contributed by atoms with E-state index < -0.39 is 29.4 Å². The van der Waals surface area contributed by atoms with E-state index >= 15 is 0 Å². The van der Waals surface area contributed by atoms with Crippen LogP contribution in [0.15, 0.2) is 41.2 Å². The van der Waals surface area contributed by atoms with Crippen molar-refractivity contribution in [3.8, 4) is 11.3 Å². The maximum absolute atomic E-state index is 12.6. The Balaban J connectivity index is 1.88. The minimum absolute atomic E-state index is 0.0395. The first kappa shape index (κ1) is 19.2. The van der Waals surface area contributed by atoms with Crippen molar-refractivity contribution in [2.24, 2.45) is 0 Å². The van der Waals surface area contributed by atoms with Crippen LogP contribution >= 0.6 is 0 Å². The van der Waals surface area contributed by atoms with Gasteiger partial charge in [0, 0.05) is 19.0 Å². The lowest BCUT2D eigenvalue weighted by Crippen LogP contribution is -2.46. The summed E-state index contributed by atoms with van der Waals surface area (Å²) in [5.41, 5.74) is 0.194. The smallest absolute Gasteiger partial charge is 0.341 e. The second-order valence-electron chi connectivity index (χ2n) is 6.34. The first-order valence-electron chi connectivity index (χ1n) is 8.44. The van der Waals surface area contributed by atoms with Gasteiger partial charge in [0.1, 0.15) is 11.3 Å². The van der Waals surface area contributed by atoms with Crippen LogP contribution in [0, 0.1) is 0 Å². The number of aromatic carboxylic acids is 1. The number of benzene rings is 1. The summed E-state index contributed by atoms with van der Waals surface area (Å²) in [5.74, 6) is -2.41. The van der Waals surface area contributed by atoms with Crippen molar-refractivity contribution in [1.29, 1.82) is 0 Å². The number of H-pyrrole nitrogens is 1. The lowest BCUT2D eigenvalue weighted by atomic mass is 10.1. The molecule has 9 nitrogen and oxygen atoms in total. The number of carboxylic acids is 1. The van der Waals surface area contributed by atoms with Crippen LogP contribution in [0.1, 0.15) is 23.7 Å². The summed E-state index contributed by atoms with van der Waals surface area (Å²) in [5, 5.41) is 11.7. The Morgan fingerprint density at radius 1 is 1.07 bits per heavy atom. The van der Waals surface area contributed by atoms with Gasteiger partial charge in [-0.25, -0.2) is 9.69 Å². The molecule has 0 spiro atoms. The SMILES string of the molecule is CC(=O)N(C(=O)[C@@H]1CC(=O)CN1)c1ccc(-c2ccc(C(=O)O)c(=O)[nH]2)cc1. The molecular weight excluding hydrogens is 366 g/mol. The predicted molar refractivity (Wildman–Crippen MR) is 99.0 cm³/mol. The highest BCUT2D eigenvalue weighted by molar-refractivity contribution is 6.17. The number of Topliss-reactive ketones (excluding diaryl/α,β-unsaturated/α-hetero) is 1. The Kier molecular flexibility index (Phi) is 5.18. The van der Waals surface area contributed by atoms with E-state index in [4.69, 9.17) is 5.11 Å². The second kappa shape index (κ2) is 7.57. The largest absolute Gasteiger partial charge is 0.477 e. The standard InChI is InChI=1S/C19H17N3O6/c1-10(23)22(18(26)16-8-13(24)9-20-16)12-4-2-11(3-5-12)15-7-6-14(19(27)28)17(25)21-15/h2-7,16,20H,8-9H2,1H3,(H,21,25)(H,27,28)/t16-/m0/s1. The normalized spacial score (nSPS) is 16.0. The number of nitrogens with one attached hydrogen (secondary N) is 2. The molecule has 144 valence electrons. The highest BCUT2D eigenvalue weighted by Crippen LogP contribution is 2.23. The van der Waals surface area contributed by atoms with Crippen molar-refractivity contribution in [3.05, 3.63) is 52.3 Å².